The van der Waals surface area contributed by atoms with Crippen molar-refractivity contribution in [2.24, 2.45) is 18.7 Å². The first-order valence-electron chi connectivity index (χ1n) is 11.0. The van der Waals surface area contributed by atoms with E-state index in [0.717, 1.165) is 29.7 Å². The van der Waals surface area contributed by atoms with Crippen molar-refractivity contribution in [2.45, 2.75) is 44.4 Å². The summed E-state index contributed by atoms with van der Waals surface area (Å²) < 4.78 is 7.69. The van der Waals surface area contributed by atoms with E-state index in [4.69, 9.17) is 33.7 Å². The van der Waals surface area contributed by atoms with Crippen LogP contribution in [0.1, 0.15) is 53.0 Å². The molecular weight excluding hydrogens is 529 g/mol. The molecule has 0 radical (unpaired) electrons. The molecule has 0 fully saturated rings. The number of ether oxygens (including phenoxy) is 1. The standard InChI is InChI=1S/C23H25Cl2N5O3S2/c1-11-4-6-14-17(8-11)35-22(19(14)20(26)32)27-18(31)10-34-23-29-28-21(30(23)3)12(2)33-16-7-5-13(24)9-15(16)25/h5,7,9,11-12H,4,6,8,10H2,1-3H3,(H2,26,32)(H,27,31). The Labute approximate surface area is 221 Å². The number of nitrogens with one attached hydrogen (secondary N) is 1. The van der Waals surface area contributed by atoms with Crippen LogP contribution in [-0.2, 0) is 24.7 Å². The zero-order valence-electron chi connectivity index (χ0n) is 19.4. The van der Waals surface area contributed by atoms with Gasteiger partial charge in [0.05, 0.1) is 16.3 Å². The monoisotopic (exact) mass is 553 g/mol. The first-order valence-corrected chi connectivity index (χ1v) is 13.6. The van der Waals surface area contributed by atoms with Crippen LogP contribution in [0.3, 0.4) is 0 Å². The highest BCUT2D eigenvalue weighted by molar-refractivity contribution is 7.99. The van der Waals surface area contributed by atoms with Crippen LogP contribution in [0.5, 0.6) is 5.75 Å². The second kappa shape index (κ2) is 10.8. The summed E-state index contributed by atoms with van der Waals surface area (Å²) in [5.74, 6) is 0.960. The molecule has 1 aliphatic carbocycles. The molecule has 4 rings (SSSR count). The summed E-state index contributed by atoms with van der Waals surface area (Å²) in [7, 11) is 1.80. The van der Waals surface area contributed by atoms with Gasteiger partial charge in [0, 0.05) is 16.9 Å². The Morgan fingerprint density at radius 2 is 2.14 bits per heavy atom. The maximum Gasteiger partial charge on any atom is 0.251 e. The molecule has 35 heavy (non-hydrogen) atoms. The topological polar surface area (TPSA) is 112 Å². The molecule has 2 atom stereocenters. The maximum absolute atomic E-state index is 12.7. The van der Waals surface area contributed by atoms with Crippen LogP contribution in [-0.4, -0.2) is 32.3 Å². The second-order valence-electron chi connectivity index (χ2n) is 8.49. The number of thioether (sulfide) groups is 1. The predicted molar refractivity (Wildman–Crippen MR) is 140 cm³/mol. The number of anilines is 1. The summed E-state index contributed by atoms with van der Waals surface area (Å²) >= 11 is 14.8. The molecule has 3 aromatic rings. The number of rotatable bonds is 8. The van der Waals surface area contributed by atoms with Crippen molar-refractivity contribution >= 4 is 63.1 Å². The fourth-order valence-corrected chi connectivity index (χ4v) is 6.62. The lowest BCUT2D eigenvalue weighted by Crippen LogP contribution is -2.20. The van der Waals surface area contributed by atoms with Gasteiger partial charge < -0.3 is 20.4 Å². The van der Waals surface area contributed by atoms with Gasteiger partial charge in [-0.3, -0.25) is 9.59 Å². The van der Waals surface area contributed by atoms with Crippen LogP contribution in [0, 0.1) is 5.92 Å². The molecule has 1 aliphatic rings. The molecule has 2 aromatic heterocycles. The fraction of sp³-hybridized carbons (Fsp3) is 0.391. The number of carbonyl (C=O) groups excluding carboxylic acids is 2. The van der Waals surface area contributed by atoms with Gasteiger partial charge in [-0.05, 0) is 55.9 Å². The Balaban J connectivity index is 1.40. The Morgan fingerprint density at radius 3 is 2.86 bits per heavy atom. The van der Waals surface area contributed by atoms with Crippen molar-refractivity contribution in [3.05, 3.63) is 50.1 Å². The van der Waals surface area contributed by atoms with Gasteiger partial charge in [-0.15, -0.1) is 21.5 Å². The number of primary amides is 1. The Hall–Kier alpha value is -2.27. The van der Waals surface area contributed by atoms with E-state index in [0.29, 0.717) is 43.3 Å². The molecule has 0 aliphatic heterocycles. The van der Waals surface area contributed by atoms with Gasteiger partial charge in [0.25, 0.3) is 5.91 Å². The van der Waals surface area contributed by atoms with E-state index >= 15 is 0 Å². The highest BCUT2D eigenvalue weighted by Gasteiger charge is 2.27. The Morgan fingerprint density at radius 1 is 1.37 bits per heavy atom. The molecule has 12 heteroatoms. The van der Waals surface area contributed by atoms with Crippen LogP contribution < -0.4 is 15.8 Å². The highest BCUT2D eigenvalue weighted by Crippen LogP contribution is 2.39. The summed E-state index contributed by atoms with van der Waals surface area (Å²) in [6.45, 7) is 4.02. The van der Waals surface area contributed by atoms with E-state index in [1.165, 1.54) is 23.1 Å². The molecule has 0 saturated heterocycles. The lowest BCUT2D eigenvalue weighted by Gasteiger charge is -2.18. The summed E-state index contributed by atoms with van der Waals surface area (Å²) in [5.41, 5.74) is 7.07. The van der Waals surface area contributed by atoms with Crippen molar-refractivity contribution in [3.63, 3.8) is 0 Å². The van der Waals surface area contributed by atoms with Crippen molar-refractivity contribution in [1.29, 1.82) is 0 Å². The van der Waals surface area contributed by atoms with Crippen molar-refractivity contribution in [2.75, 3.05) is 11.1 Å². The number of halogens is 2. The number of benzene rings is 1. The fourth-order valence-electron chi connectivity index (χ4n) is 4.01. The second-order valence-corrected chi connectivity index (χ2v) is 11.4. The largest absolute Gasteiger partial charge is 0.481 e. The van der Waals surface area contributed by atoms with Crippen molar-refractivity contribution in [1.82, 2.24) is 14.8 Å². The molecule has 3 N–H and O–H groups in total. The molecule has 0 bridgehead atoms. The van der Waals surface area contributed by atoms with Crippen LogP contribution >= 0.6 is 46.3 Å². The molecule has 8 nitrogen and oxygen atoms in total. The minimum atomic E-state index is -0.507. The van der Waals surface area contributed by atoms with E-state index < -0.39 is 12.0 Å². The molecule has 2 unspecified atom stereocenters. The smallest absolute Gasteiger partial charge is 0.251 e. The summed E-state index contributed by atoms with van der Waals surface area (Å²) in [4.78, 5) is 25.9. The normalized spacial score (nSPS) is 16.0. The van der Waals surface area contributed by atoms with E-state index in [9.17, 15) is 9.59 Å². The number of nitrogens with two attached hydrogens (primary N) is 1. The van der Waals surface area contributed by atoms with Gasteiger partial charge in [0.15, 0.2) is 17.1 Å². The minimum absolute atomic E-state index is 0.0986. The number of aromatic nitrogens is 3. The van der Waals surface area contributed by atoms with Gasteiger partial charge in [0.1, 0.15) is 10.8 Å². The number of thiophene rings is 1. The number of amides is 2. The molecule has 2 heterocycles. The number of fused-ring (bicyclic) bond motifs is 1. The van der Waals surface area contributed by atoms with Gasteiger partial charge >= 0.3 is 0 Å². The third kappa shape index (κ3) is 5.77. The zero-order valence-corrected chi connectivity index (χ0v) is 22.6. The SMILES string of the molecule is CC1CCc2c(sc(NC(=O)CSc3nnc(C(C)Oc4ccc(Cl)cc4Cl)n3C)c2C(N)=O)C1. The van der Waals surface area contributed by atoms with Gasteiger partial charge in [-0.1, -0.05) is 41.9 Å². The quantitative estimate of drug-likeness (QED) is 0.367. The summed E-state index contributed by atoms with van der Waals surface area (Å²) in [5, 5.41) is 13.3. The number of carbonyl (C=O) groups is 2. The zero-order chi connectivity index (χ0) is 25.3. The molecular formula is C23H25Cl2N5O3S2. The van der Waals surface area contributed by atoms with Crippen molar-refractivity contribution in [3.8, 4) is 5.75 Å². The van der Waals surface area contributed by atoms with E-state index in [1.54, 1.807) is 29.8 Å². The van der Waals surface area contributed by atoms with Crippen molar-refractivity contribution < 1.29 is 14.3 Å². The van der Waals surface area contributed by atoms with E-state index in [1.807, 2.05) is 6.92 Å². The third-order valence-electron chi connectivity index (χ3n) is 5.77. The van der Waals surface area contributed by atoms with Gasteiger partial charge in [-0.25, -0.2) is 0 Å². The molecule has 186 valence electrons. The number of nitrogens with zero attached hydrogens (tertiary/aromatic N) is 3. The molecule has 0 spiro atoms. The van der Waals surface area contributed by atoms with E-state index in [2.05, 4.69) is 22.4 Å². The lowest BCUT2D eigenvalue weighted by molar-refractivity contribution is -0.113. The third-order valence-corrected chi connectivity index (χ3v) is 8.49. The maximum atomic E-state index is 12.7. The van der Waals surface area contributed by atoms with Crippen LogP contribution in [0.15, 0.2) is 23.4 Å². The summed E-state index contributed by atoms with van der Waals surface area (Å²) in [6, 6.07) is 5.00. The highest BCUT2D eigenvalue weighted by atomic mass is 35.5. The first kappa shape index (κ1) is 25.8. The lowest BCUT2D eigenvalue weighted by atomic mass is 9.88. The van der Waals surface area contributed by atoms with E-state index in [-0.39, 0.29) is 11.7 Å². The number of hydrogen-bond acceptors (Lipinski definition) is 7. The molecule has 0 saturated carbocycles. The Bertz CT molecular complexity index is 1280. The average Bonchev–Trinajstić information content (AvgIpc) is 3.33. The summed E-state index contributed by atoms with van der Waals surface area (Å²) in [6.07, 6.45) is 2.27. The van der Waals surface area contributed by atoms with Gasteiger partial charge in [-0.2, -0.15) is 0 Å². The van der Waals surface area contributed by atoms with Crippen LogP contribution in [0.25, 0.3) is 0 Å². The average molecular weight is 555 g/mol. The minimum Gasteiger partial charge on any atom is -0.481 e. The Kier molecular flexibility index (Phi) is 7.95. The van der Waals surface area contributed by atoms with Crippen LogP contribution in [0.4, 0.5) is 5.00 Å². The number of hydrogen-bond donors (Lipinski definition) is 2. The van der Waals surface area contributed by atoms with Gasteiger partial charge in [0.2, 0.25) is 5.91 Å². The predicted octanol–water partition coefficient (Wildman–Crippen LogP) is 5.28. The molecule has 1 aromatic carbocycles. The first-order chi connectivity index (χ1) is 16.6. The molecule has 2 amide bonds. The van der Waals surface area contributed by atoms with Crippen LogP contribution in [0.2, 0.25) is 10.0 Å².